The number of hydrogen-bond donors (Lipinski definition) is 2. The van der Waals surface area contributed by atoms with Crippen LogP contribution in [0.5, 0.6) is 0 Å². The molecule has 0 spiro atoms. The Labute approximate surface area is 117 Å². The Kier molecular flexibility index (Phi) is 4.36. The fourth-order valence-corrected chi connectivity index (χ4v) is 2.92. The third kappa shape index (κ3) is 3.34. The van der Waals surface area contributed by atoms with Gasteiger partial charge < -0.3 is 5.73 Å². The van der Waals surface area contributed by atoms with E-state index in [1.165, 1.54) is 18.2 Å². The van der Waals surface area contributed by atoms with Crippen LogP contribution in [0.15, 0.2) is 53.4 Å². The molecule has 0 amide bonds. The van der Waals surface area contributed by atoms with Gasteiger partial charge in [-0.15, -0.1) is 0 Å². The van der Waals surface area contributed by atoms with E-state index in [2.05, 4.69) is 4.72 Å². The highest BCUT2D eigenvalue weighted by atomic mass is 32.2. The van der Waals surface area contributed by atoms with E-state index in [9.17, 15) is 12.8 Å². The summed E-state index contributed by atoms with van der Waals surface area (Å²) in [5.41, 5.74) is 6.84. The standard InChI is InChI=1S/C14H15FN2O2S/c15-13-3-1-2-4-14(13)20(18,19)17-12-7-5-11(6-8-12)9-10-16/h1-8,17H,9-10,16H2. The first kappa shape index (κ1) is 14.5. The highest BCUT2D eigenvalue weighted by molar-refractivity contribution is 7.92. The predicted molar refractivity (Wildman–Crippen MR) is 76.4 cm³/mol. The van der Waals surface area contributed by atoms with Crippen molar-refractivity contribution in [3.63, 3.8) is 0 Å². The Morgan fingerprint density at radius 2 is 1.70 bits per heavy atom. The highest BCUT2D eigenvalue weighted by Crippen LogP contribution is 2.19. The third-order valence-electron chi connectivity index (χ3n) is 2.77. The van der Waals surface area contributed by atoms with Crippen molar-refractivity contribution in [2.45, 2.75) is 11.3 Å². The number of sulfonamides is 1. The van der Waals surface area contributed by atoms with Gasteiger partial charge in [0.25, 0.3) is 10.0 Å². The molecule has 2 aromatic rings. The second kappa shape index (κ2) is 6.02. The average molecular weight is 294 g/mol. The molecule has 0 aromatic heterocycles. The van der Waals surface area contributed by atoms with E-state index in [1.54, 1.807) is 24.3 Å². The summed E-state index contributed by atoms with van der Waals surface area (Å²) in [6.45, 7) is 0.528. The van der Waals surface area contributed by atoms with Crippen LogP contribution in [0.4, 0.5) is 10.1 Å². The number of anilines is 1. The van der Waals surface area contributed by atoms with Gasteiger partial charge in [0.05, 0.1) is 0 Å². The van der Waals surface area contributed by atoms with E-state index >= 15 is 0 Å². The van der Waals surface area contributed by atoms with Gasteiger partial charge in [0.15, 0.2) is 0 Å². The zero-order valence-corrected chi connectivity index (χ0v) is 11.5. The maximum atomic E-state index is 13.5. The summed E-state index contributed by atoms with van der Waals surface area (Å²) >= 11 is 0. The number of nitrogens with two attached hydrogens (primary N) is 1. The van der Waals surface area contributed by atoms with Crippen LogP contribution in [0.1, 0.15) is 5.56 Å². The minimum Gasteiger partial charge on any atom is -0.330 e. The molecule has 0 heterocycles. The van der Waals surface area contributed by atoms with Crippen molar-refractivity contribution in [2.75, 3.05) is 11.3 Å². The lowest BCUT2D eigenvalue weighted by Gasteiger charge is -2.09. The fourth-order valence-electron chi connectivity index (χ4n) is 1.78. The van der Waals surface area contributed by atoms with E-state index < -0.39 is 15.8 Å². The fraction of sp³-hybridized carbons (Fsp3) is 0.143. The van der Waals surface area contributed by atoms with Gasteiger partial charge in [0.1, 0.15) is 10.7 Å². The van der Waals surface area contributed by atoms with Gasteiger partial charge in [-0.3, -0.25) is 4.72 Å². The molecule has 6 heteroatoms. The quantitative estimate of drug-likeness (QED) is 0.887. The first-order chi connectivity index (χ1) is 9.53. The number of hydrogen-bond acceptors (Lipinski definition) is 3. The summed E-state index contributed by atoms with van der Waals surface area (Å²) in [6.07, 6.45) is 0.723. The second-order valence-electron chi connectivity index (χ2n) is 4.27. The molecule has 0 aliphatic carbocycles. The Morgan fingerprint density at radius 1 is 1.05 bits per heavy atom. The zero-order valence-electron chi connectivity index (χ0n) is 10.7. The van der Waals surface area contributed by atoms with Crippen LogP contribution in [0, 0.1) is 5.82 Å². The molecule has 0 unspecified atom stereocenters. The lowest BCUT2D eigenvalue weighted by molar-refractivity contribution is 0.570. The van der Waals surface area contributed by atoms with Crippen LogP contribution >= 0.6 is 0 Å². The van der Waals surface area contributed by atoms with Crippen LogP contribution in [-0.4, -0.2) is 15.0 Å². The second-order valence-corrected chi connectivity index (χ2v) is 5.92. The monoisotopic (exact) mass is 294 g/mol. The van der Waals surface area contributed by atoms with Gasteiger partial charge in [-0.25, -0.2) is 12.8 Å². The molecule has 2 rings (SSSR count). The molecular formula is C14H15FN2O2S. The van der Waals surface area contributed by atoms with Crippen molar-refractivity contribution in [1.29, 1.82) is 0 Å². The van der Waals surface area contributed by atoms with E-state index in [1.807, 2.05) is 0 Å². The number of benzene rings is 2. The number of halogens is 1. The Morgan fingerprint density at radius 3 is 2.30 bits per heavy atom. The minimum atomic E-state index is -3.92. The average Bonchev–Trinajstić information content (AvgIpc) is 2.41. The van der Waals surface area contributed by atoms with Crippen molar-refractivity contribution < 1.29 is 12.8 Å². The minimum absolute atomic E-state index is 0.369. The molecule has 0 aliphatic rings. The highest BCUT2D eigenvalue weighted by Gasteiger charge is 2.18. The van der Waals surface area contributed by atoms with Gasteiger partial charge in [-0.1, -0.05) is 24.3 Å². The van der Waals surface area contributed by atoms with Crippen molar-refractivity contribution in [2.24, 2.45) is 5.73 Å². The van der Waals surface area contributed by atoms with Crippen molar-refractivity contribution in [1.82, 2.24) is 0 Å². The van der Waals surface area contributed by atoms with Gasteiger partial charge >= 0.3 is 0 Å². The Hall–Kier alpha value is -1.92. The molecule has 0 bridgehead atoms. The molecule has 0 aliphatic heterocycles. The van der Waals surface area contributed by atoms with E-state index in [4.69, 9.17) is 5.73 Å². The molecule has 20 heavy (non-hydrogen) atoms. The smallest absolute Gasteiger partial charge is 0.264 e. The van der Waals surface area contributed by atoms with Crippen molar-refractivity contribution >= 4 is 15.7 Å². The zero-order chi connectivity index (χ0) is 14.6. The largest absolute Gasteiger partial charge is 0.330 e. The Bertz CT molecular complexity index is 685. The first-order valence-electron chi connectivity index (χ1n) is 6.09. The summed E-state index contributed by atoms with van der Waals surface area (Å²) in [7, 11) is -3.92. The lowest BCUT2D eigenvalue weighted by Crippen LogP contribution is -2.14. The van der Waals surface area contributed by atoms with E-state index in [-0.39, 0.29) is 4.90 Å². The maximum absolute atomic E-state index is 13.5. The number of nitrogens with one attached hydrogen (secondary N) is 1. The normalized spacial score (nSPS) is 11.3. The summed E-state index contributed by atoms with van der Waals surface area (Å²) in [5, 5.41) is 0. The SMILES string of the molecule is NCCc1ccc(NS(=O)(=O)c2ccccc2F)cc1. The molecule has 3 N–H and O–H groups in total. The maximum Gasteiger partial charge on any atom is 0.264 e. The van der Waals surface area contributed by atoms with Crippen molar-refractivity contribution in [3.05, 3.63) is 59.9 Å². The molecule has 2 aromatic carbocycles. The summed E-state index contributed by atoms with van der Waals surface area (Å²) < 4.78 is 40.0. The molecule has 0 saturated heterocycles. The molecule has 0 atom stereocenters. The van der Waals surface area contributed by atoms with Crippen LogP contribution in [0.25, 0.3) is 0 Å². The third-order valence-corrected chi connectivity index (χ3v) is 4.18. The van der Waals surface area contributed by atoms with Crippen molar-refractivity contribution in [3.8, 4) is 0 Å². The van der Waals surface area contributed by atoms with Gasteiger partial charge in [0.2, 0.25) is 0 Å². The molecule has 0 fully saturated rings. The van der Waals surface area contributed by atoms with Crippen LogP contribution in [-0.2, 0) is 16.4 Å². The van der Waals surface area contributed by atoms with Crippen LogP contribution in [0.3, 0.4) is 0 Å². The van der Waals surface area contributed by atoms with Gasteiger partial charge in [-0.2, -0.15) is 0 Å². The molecule has 106 valence electrons. The topological polar surface area (TPSA) is 72.2 Å². The first-order valence-corrected chi connectivity index (χ1v) is 7.57. The lowest BCUT2D eigenvalue weighted by atomic mass is 10.1. The predicted octanol–water partition coefficient (Wildman–Crippen LogP) is 2.13. The van der Waals surface area contributed by atoms with Gasteiger partial charge in [-0.05, 0) is 42.8 Å². The van der Waals surface area contributed by atoms with Crippen LogP contribution < -0.4 is 10.5 Å². The summed E-state index contributed by atoms with van der Waals surface area (Å²) in [5.74, 6) is -0.778. The van der Waals surface area contributed by atoms with Gasteiger partial charge in [0, 0.05) is 5.69 Å². The molecular weight excluding hydrogens is 279 g/mol. The summed E-state index contributed by atoms with van der Waals surface area (Å²) in [4.78, 5) is -0.369. The summed E-state index contributed by atoms with van der Waals surface area (Å²) in [6, 6.07) is 12.1. The van der Waals surface area contributed by atoms with Crippen LogP contribution in [0.2, 0.25) is 0 Å². The Balaban J connectivity index is 2.22. The number of rotatable bonds is 5. The van der Waals surface area contributed by atoms with E-state index in [0.29, 0.717) is 12.2 Å². The van der Waals surface area contributed by atoms with E-state index in [0.717, 1.165) is 18.1 Å². The molecule has 4 nitrogen and oxygen atoms in total. The molecule has 0 saturated carbocycles. The molecule has 0 radical (unpaired) electrons.